The topological polar surface area (TPSA) is 89.6 Å². The molecule has 0 bridgehead atoms. The maximum absolute atomic E-state index is 13.5. The van der Waals surface area contributed by atoms with Crippen molar-refractivity contribution in [1.29, 1.82) is 0 Å². The smallest absolute Gasteiger partial charge is 0.277 e. The number of methoxy groups -OCH3 is 1. The Kier molecular flexibility index (Phi) is 5.36. The molecular weight excluding hydrogens is 408 g/mol. The molecule has 1 N–H and O–H groups in total. The van der Waals surface area contributed by atoms with Crippen LogP contribution in [0.25, 0.3) is 11.5 Å². The summed E-state index contributed by atoms with van der Waals surface area (Å²) >= 11 is 6.03. The molecule has 0 spiro atoms. The number of hydrogen-bond donors (Lipinski definition) is 1. The maximum Gasteiger partial charge on any atom is 0.277 e. The summed E-state index contributed by atoms with van der Waals surface area (Å²) in [7, 11) is 1.56. The molecule has 0 saturated heterocycles. The predicted octanol–water partition coefficient (Wildman–Crippen LogP) is 2.98. The quantitative estimate of drug-likeness (QED) is 0.609. The average molecular weight is 429 g/mol. The third-order valence-corrected chi connectivity index (χ3v) is 5.34. The zero-order chi connectivity index (χ0) is 21.3. The number of halogens is 1. The van der Waals surface area contributed by atoms with E-state index in [-0.39, 0.29) is 18.4 Å². The van der Waals surface area contributed by atoms with E-state index in [4.69, 9.17) is 20.8 Å². The van der Waals surface area contributed by atoms with Gasteiger partial charge >= 0.3 is 0 Å². The molecule has 4 rings (SSSR count). The minimum atomic E-state index is -1.21. The van der Waals surface area contributed by atoms with Gasteiger partial charge in [-0.3, -0.25) is 19.2 Å². The van der Waals surface area contributed by atoms with Crippen LogP contribution in [0.3, 0.4) is 0 Å². The molecule has 1 aromatic carbocycles. The molecule has 1 aliphatic heterocycles. The van der Waals surface area contributed by atoms with Gasteiger partial charge in [-0.15, -0.1) is 0 Å². The highest BCUT2D eigenvalue weighted by atomic mass is 35.5. The average Bonchev–Trinajstić information content (AvgIpc) is 3.39. The van der Waals surface area contributed by atoms with Crippen LogP contribution >= 0.6 is 11.6 Å². The first kappa shape index (κ1) is 20.2. The molecule has 8 nitrogen and oxygen atoms in total. The molecule has 0 aliphatic carbocycles. The van der Waals surface area contributed by atoms with Gasteiger partial charge in [-0.2, -0.15) is 5.10 Å². The summed E-state index contributed by atoms with van der Waals surface area (Å²) < 4.78 is 12.0. The van der Waals surface area contributed by atoms with Gasteiger partial charge in [0.1, 0.15) is 16.9 Å². The first-order valence-electron chi connectivity index (χ1n) is 9.43. The van der Waals surface area contributed by atoms with Crippen molar-refractivity contribution in [3.63, 3.8) is 0 Å². The SMILES string of the molecule is COCCNC(=O)[C@]1(C)Cn2nc(-c3ccco3)cc2C(=O)N1c1ccc(Cl)cc1. The molecule has 0 saturated carbocycles. The summed E-state index contributed by atoms with van der Waals surface area (Å²) in [4.78, 5) is 28.2. The standard InChI is InChI=1S/C21H21ClN4O4/c1-21(20(28)23-9-11-29-2)13-25-17(12-16(24-25)18-4-3-10-30-18)19(27)26(21)15-7-5-14(22)6-8-15/h3-8,10,12H,9,11,13H2,1-2H3,(H,23,28)/t21-/m0/s1. The molecule has 3 aromatic rings. The Morgan fingerprint density at radius 3 is 2.77 bits per heavy atom. The van der Waals surface area contributed by atoms with Crippen molar-refractivity contribution in [2.24, 2.45) is 0 Å². The number of ether oxygens (including phenoxy) is 1. The van der Waals surface area contributed by atoms with Crippen LogP contribution in [0, 0.1) is 0 Å². The fraction of sp³-hybridized carbons (Fsp3) is 0.286. The predicted molar refractivity (Wildman–Crippen MR) is 111 cm³/mol. The van der Waals surface area contributed by atoms with Crippen LogP contribution in [0.2, 0.25) is 5.02 Å². The summed E-state index contributed by atoms with van der Waals surface area (Å²) in [5, 5.41) is 7.90. The molecule has 1 atom stereocenters. The van der Waals surface area contributed by atoms with Gasteiger partial charge in [0, 0.05) is 30.4 Å². The van der Waals surface area contributed by atoms with Crippen LogP contribution in [0.1, 0.15) is 17.4 Å². The van der Waals surface area contributed by atoms with Crippen molar-refractivity contribution in [2.75, 3.05) is 25.2 Å². The van der Waals surface area contributed by atoms with Gasteiger partial charge in [0.15, 0.2) is 5.76 Å². The lowest BCUT2D eigenvalue weighted by molar-refractivity contribution is -0.126. The fourth-order valence-electron chi connectivity index (χ4n) is 3.58. The van der Waals surface area contributed by atoms with Crippen molar-refractivity contribution in [3.05, 3.63) is 59.4 Å². The van der Waals surface area contributed by atoms with Crippen LogP contribution in [0.4, 0.5) is 5.69 Å². The van der Waals surface area contributed by atoms with Gasteiger partial charge in [-0.1, -0.05) is 11.6 Å². The lowest BCUT2D eigenvalue weighted by atomic mass is 9.94. The number of aromatic nitrogens is 2. The van der Waals surface area contributed by atoms with E-state index in [1.165, 1.54) is 4.90 Å². The number of amides is 2. The van der Waals surface area contributed by atoms with Crippen molar-refractivity contribution >= 4 is 29.1 Å². The Hall–Kier alpha value is -3.10. The summed E-state index contributed by atoms with van der Waals surface area (Å²) in [5.74, 6) is -0.0872. The van der Waals surface area contributed by atoms with Gasteiger partial charge in [-0.05, 0) is 43.3 Å². The van der Waals surface area contributed by atoms with Crippen LogP contribution in [0.15, 0.2) is 53.1 Å². The maximum atomic E-state index is 13.5. The first-order chi connectivity index (χ1) is 14.4. The second-order valence-electron chi connectivity index (χ2n) is 7.19. The Bertz CT molecular complexity index is 1060. The van der Waals surface area contributed by atoms with E-state index in [1.807, 2.05) is 0 Å². The number of rotatable bonds is 6. The Morgan fingerprint density at radius 2 is 2.10 bits per heavy atom. The zero-order valence-corrected chi connectivity index (χ0v) is 17.3. The third kappa shape index (κ3) is 3.48. The summed E-state index contributed by atoms with van der Waals surface area (Å²) in [5.41, 5.74) is 0.265. The molecule has 2 aromatic heterocycles. The van der Waals surface area contributed by atoms with E-state index in [1.54, 1.807) is 67.4 Å². The van der Waals surface area contributed by atoms with Crippen molar-refractivity contribution in [2.45, 2.75) is 19.0 Å². The molecule has 0 radical (unpaired) electrons. The number of nitrogens with one attached hydrogen (secondary N) is 1. The van der Waals surface area contributed by atoms with E-state index < -0.39 is 5.54 Å². The number of hydrogen-bond acceptors (Lipinski definition) is 5. The van der Waals surface area contributed by atoms with Crippen molar-refractivity contribution < 1.29 is 18.7 Å². The second-order valence-corrected chi connectivity index (χ2v) is 7.63. The Balaban J connectivity index is 1.77. The van der Waals surface area contributed by atoms with E-state index in [9.17, 15) is 9.59 Å². The number of nitrogens with zero attached hydrogens (tertiary/aromatic N) is 3. The Labute approximate surface area is 178 Å². The number of anilines is 1. The van der Waals surface area contributed by atoms with Crippen LogP contribution in [-0.4, -0.2) is 47.4 Å². The highest BCUT2D eigenvalue weighted by Crippen LogP contribution is 2.34. The van der Waals surface area contributed by atoms with Crippen LogP contribution in [-0.2, 0) is 16.1 Å². The lowest BCUT2D eigenvalue weighted by Gasteiger charge is -2.43. The molecule has 0 unspecified atom stereocenters. The minimum absolute atomic E-state index is 0.177. The lowest BCUT2D eigenvalue weighted by Crippen LogP contribution is -2.64. The minimum Gasteiger partial charge on any atom is -0.463 e. The highest BCUT2D eigenvalue weighted by molar-refractivity contribution is 6.30. The molecule has 0 fully saturated rings. The van der Waals surface area contributed by atoms with E-state index in [0.717, 1.165) is 0 Å². The van der Waals surface area contributed by atoms with Gasteiger partial charge in [0.05, 0.1) is 19.4 Å². The highest BCUT2D eigenvalue weighted by Gasteiger charge is 2.48. The van der Waals surface area contributed by atoms with Gasteiger partial charge in [-0.25, -0.2) is 0 Å². The largest absolute Gasteiger partial charge is 0.463 e. The van der Waals surface area contributed by atoms with E-state index in [2.05, 4.69) is 10.4 Å². The molecule has 30 heavy (non-hydrogen) atoms. The molecular formula is C21H21ClN4O4. The van der Waals surface area contributed by atoms with E-state index >= 15 is 0 Å². The number of carbonyl (C=O) groups is 2. The zero-order valence-electron chi connectivity index (χ0n) is 16.6. The molecule has 1 aliphatic rings. The van der Waals surface area contributed by atoms with Crippen molar-refractivity contribution in [1.82, 2.24) is 15.1 Å². The third-order valence-electron chi connectivity index (χ3n) is 5.09. The molecule has 9 heteroatoms. The number of carbonyl (C=O) groups excluding carboxylic acids is 2. The molecule has 2 amide bonds. The van der Waals surface area contributed by atoms with Gasteiger partial charge in [0.2, 0.25) is 5.91 Å². The van der Waals surface area contributed by atoms with Gasteiger partial charge in [0.25, 0.3) is 5.91 Å². The summed E-state index contributed by atoms with van der Waals surface area (Å²) in [6.45, 7) is 2.60. The number of benzene rings is 1. The van der Waals surface area contributed by atoms with Crippen molar-refractivity contribution in [3.8, 4) is 11.5 Å². The summed E-state index contributed by atoms with van der Waals surface area (Å²) in [6, 6.07) is 12.0. The second kappa shape index (κ2) is 7.97. The van der Waals surface area contributed by atoms with Gasteiger partial charge < -0.3 is 14.5 Å². The van der Waals surface area contributed by atoms with E-state index in [0.29, 0.717) is 41.0 Å². The molecule has 156 valence electrons. The fourth-order valence-corrected chi connectivity index (χ4v) is 3.70. The Morgan fingerprint density at radius 1 is 1.33 bits per heavy atom. The first-order valence-corrected chi connectivity index (χ1v) is 9.81. The number of furan rings is 1. The normalized spacial score (nSPS) is 18.4. The number of fused-ring (bicyclic) bond motifs is 1. The summed E-state index contributed by atoms with van der Waals surface area (Å²) in [6.07, 6.45) is 1.54. The molecule has 3 heterocycles. The van der Waals surface area contributed by atoms with Crippen LogP contribution < -0.4 is 10.2 Å². The monoisotopic (exact) mass is 428 g/mol. The van der Waals surface area contributed by atoms with Crippen LogP contribution in [0.5, 0.6) is 0 Å².